The van der Waals surface area contributed by atoms with Crippen molar-refractivity contribution in [3.05, 3.63) is 53.1 Å². The number of amides is 1. The van der Waals surface area contributed by atoms with Gasteiger partial charge in [0.1, 0.15) is 11.5 Å². The Kier molecular flexibility index (Phi) is 4.44. The van der Waals surface area contributed by atoms with E-state index >= 15 is 0 Å². The molecule has 0 radical (unpaired) electrons. The fourth-order valence-corrected chi connectivity index (χ4v) is 3.01. The van der Waals surface area contributed by atoms with Crippen molar-refractivity contribution in [1.29, 1.82) is 0 Å². The first-order valence-electron chi connectivity index (χ1n) is 7.41. The Bertz CT molecular complexity index is 732. The second kappa shape index (κ2) is 6.50. The molecule has 1 fully saturated rings. The van der Waals surface area contributed by atoms with Gasteiger partial charge in [-0.1, -0.05) is 29.8 Å². The van der Waals surface area contributed by atoms with Crippen molar-refractivity contribution >= 4 is 23.2 Å². The molecule has 4 nitrogen and oxygen atoms in total. The summed E-state index contributed by atoms with van der Waals surface area (Å²) in [6.07, 6.45) is 0.814. The van der Waals surface area contributed by atoms with Gasteiger partial charge in [-0.25, -0.2) is 0 Å². The minimum absolute atomic E-state index is 0.0154. The zero-order valence-corrected chi connectivity index (χ0v) is 13.8. The number of benzene rings is 2. The van der Waals surface area contributed by atoms with Crippen LogP contribution in [-0.2, 0) is 4.79 Å². The van der Waals surface area contributed by atoms with Crippen molar-refractivity contribution in [3.8, 4) is 11.5 Å². The number of nitrogens with one attached hydrogen (secondary N) is 1. The van der Waals surface area contributed by atoms with Crippen LogP contribution in [0.3, 0.4) is 0 Å². The van der Waals surface area contributed by atoms with E-state index in [1.54, 1.807) is 32.4 Å². The first-order valence-corrected chi connectivity index (χ1v) is 7.79. The van der Waals surface area contributed by atoms with E-state index in [0.717, 1.165) is 17.0 Å². The lowest BCUT2D eigenvalue weighted by Gasteiger charge is -2.11. The van der Waals surface area contributed by atoms with Gasteiger partial charge in [-0.3, -0.25) is 4.79 Å². The van der Waals surface area contributed by atoms with Crippen molar-refractivity contribution in [2.24, 2.45) is 5.92 Å². The standard InChI is InChI=1S/C18H18ClNO3/c1-22-11-7-8-16(17(9-11)23-2)20-18(21)14-10-13(14)12-5-3-4-6-15(12)19/h3-9,13-14H,10H2,1-2H3,(H,20,21). The van der Waals surface area contributed by atoms with E-state index in [1.165, 1.54) is 0 Å². The molecule has 2 atom stereocenters. The van der Waals surface area contributed by atoms with Gasteiger partial charge < -0.3 is 14.8 Å². The quantitative estimate of drug-likeness (QED) is 0.897. The van der Waals surface area contributed by atoms with Gasteiger partial charge in [0.15, 0.2) is 0 Å². The molecule has 1 N–H and O–H groups in total. The predicted octanol–water partition coefficient (Wildman–Crippen LogP) is 4.10. The Labute approximate surface area is 140 Å². The maximum Gasteiger partial charge on any atom is 0.228 e. The van der Waals surface area contributed by atoms with Crippen LogP contribution in [0, 0.1) is 5.92 Å². The van der Waals surface area contributed by atoms with Crippen LogP contribution < -0.4 is 14.8 Å². The topological polar surface area (TPSA) is 47.6 Å². The minimum atomic E-state index is -0.0540. The summed E-state index contributed by atoms with van der Waals surface area (Å²) in [5.74, 6) is 1.38. The summed E-state index contributed by atoms with van der Waals surface area (Å²) in [7, 11) is 3.15. The average Bonchev–Trinajstić information content (AvgIpc) is 3.36. The number of carbonyl (C=O) groups is 1. The van der Waals surface area contributed by atoms with Gasteiger partial charge in [-0.05, 0) is 36.1 Å². The fourth-order valence-electron chi connectivity index (χ4n) is 2.73. The van der Waals surface area contributed by atoms with E-state index in [0.29, 0.717) is 17.2 Å². The zero-order valence-electron chi connectivity index (χ0n) is 13.0. The van der Waals surface area contributed by atoms with Crippen LogP contribution in [0.5, 0.6) is 11.5 Å². The Hall–Kier alpha value is -2.20. The molecule has 2 unspecified atom stereocenters. The molecule has 120 valence electrons. The number of carbonyl (C=O) groups excluding carboxylic acids is 1. The van der Waals surface area contributed by atoms with E-state index < -0.39 is 0 Å². The number of methoxy groups -OCH3 is 2. The Morgan fingerprint density at radius 3 is 2.65 bits per heavy atom. The third kappa shape index (κ3) is 3.27. The molecule has 0 aliphatic heterocycles. The lowest BCUT2D eigenvalue weighted by atomic mass is 10.1. The third-order valence-electron chi connectivity index (χ3n) is 4.10. The Morgan fingerprint density at radius 2 is 1.96 bits per heavy atom. The van der Waals surface area contributed by atoms with Crippen LogP contribution in [0.2, 0.25) is 5.02 Å². The van der Waals surface area contributed by atoms with Crippen molar-refractivity contribution < 1.29 is 14.3 Å². The highest BCUT2D eigenvalue weighted by Crippen LogP contribution is 2.50. The molecule has 2 aromatic carbocycles. The SMILES string of the molecule is COc1ccc(NC(=O)C2CC2c2ccccc2Cl)c(OC)c1. The van der Waals surface area contributed by atoms with Crippen LogP contribution in [0.4, 0.5) is 5.69 Å². The number of ether oxygens (including phenoxy) is 2. The summed E-state index contributed by atoms with van der Waals surface area (Å²) in [5.41, 5.74) is 1.68. The molecule has 0 spiro atoms. The van der Waals surface area contributed by atoms with Crippen molar-refractivity contribution in [2.75, 3.05) is 19.5 Å². The maximum atomic E-state index is 12.5. The number of hydrogen-bond donors (Lipinski definition) is 1. The summed E-state index contributed by atoms with van der Waals surface area (Å²) in [6, 6.07) is 13.0. The molecule has 23 heavy (non-hydrogen) atoms. The average molecular weight is 332 g/mol. The molecule has 1 saturated carbocycles. The fraction of sp³-hybridized carbons (Fsp3) is 0.278. The van der Waals surface area contributed by atoms with Crippen LogP contribution in [0.25, 0.3) is 0 Å². The molecular weight excluding hydrogens is 314 g/mol. The highest BCUT2D eigenvalue weighted by atomic mass is 35.5. The third-order valence-corrected chi connectivity index (χ3v) is 4.44. The largest absolute Gasteiger partial charge is 0.497 e. The van der Waals surface area contributed by atoms with Crippen LogP contribution in [-0.4, -0.2) is 20.1 Å². The summed E-state index contributed by atoms with van der Waals surface area (Å²) in [4.78, 5) is 12.5. The number of rotatable bonds is 5. The summed E-state index contributed by atoms with van der Waals surface area (Å²) in [5, 5.41) is 3.65. The van der Waals surface area contributed by atoms with Crippen molar-refractivity contribution in [3.63, 3.8) is 0 Å². The molecule has 1 aliphatic rings. The molecule has 0 saturated heterocycles. The second-order valence-corrected chi connectivity index (χ2v) is 5.93. The molecule has 3 rings (SSSR count). The van der Waals surface area contributed by atoms with Gasteiger partial charge in [0.25, 0.3) is 0 Å². The maximum absolute atomic E-state index is 12.5. The summed E-state index contributed by atoms with van der Waals surface area (Å²) >= 11 is 6.20. The normalized spacial score (nSPS) is 19.1. The minimum Gasteiger partial charge on any atom is -0.497 e. The van der Waals surface area contributed by atoms with Crippen LogP contribution in [0.1, 0.15) is 17.9 Å². The molecule has 0 bridgehead atoms. The van der Waals surface area contributed by atoms with E-state index in [2.05, 4.69) is 5.32 Å². The second-order valence-electron chi connectivity index (χ2n) is 5.53. The highest BCUT2D eigenvalue weighted by Gasteiger charge is 2.44. The van der Waals surface area contributed by atoms with Crippen molar-refractivity contribution in [1.82, 2.24) is 0 Å². The Morgan fingerprint density at radius 1 is 1.17 bits per heavy atom. The Balaban J connectivity index is 1.71. The molecule has 1 amide bonds. The molecule has 1 aliphatic carbocycles. The predicted molar refractivity (Wildman–Crippen MR) is 90.5 cm³/mol. The van der Waals surface area contributed by atoms with Crippen LogP contribution >= 0.6 is 11.6 Å². The van der Waals surface area contributed by atoms with Crippen LogP contribution in [0.15, 0.2) is 42.5 Å². The van der Waals surface area contributed by atoms with Gasteiger partial charge in [0.05, 0.1) is 19.9 Å². The van der Waals surface area contributed by atoms with E-state index in [9.17, 15) is 4.79 Å². The van der Waals surface area contributed by atoms with E-state index in [-0.39, 0.29) is 17.7 Å². The summed E-state index contributed by atoms with van der Waals surface area (Å²) < 4.78 is 10.5. The van der Waals surface area contributed by atoms with Gasteiger partial charge in [0, 0.05) is 17.0 Å². The summed E-state index contributed by atoms with van der Waals surface area (Å²) in [6.45, 7) is 0. The van der Waals surface area contributed by atoms with Gasteiger partial charge in [-0.2, -0.15) is 0 Å². The monoisotopic (exact) mass is 331 g/mol. The first-order chi connectivity index (χ1) is 11.1. The molecule has 0 heterocycles. The highest BCUT2D eigenvalue weighted by molar-refractivity contribution is 6.31. The number of halogens is 1. The smallest absolute Gasteiger partial charge is 0.228 e. The molecule has 2 aromatic rings. The van der Waals surface area contributed by atoms with Gasteiger partial charge in [-0.15, -0.1) is 0 Å². The van der Waals surface area contributed by atoms with Gasteiger partial charge >= 0.3 is 0 Å². The lowest BCUT2D eigenvalue weighted by molar-refractivity contribution is -0.117. The van der Waals surface area contributed by atoms with Gasteiger partial charge in [0.2, 0.25) is 5.91 Å². The number of anilines is 1. The van der Waals surface area contributed by atoms with E-state index in [1.807, 2.05) is 24.3 Å². The number of hydrogen-bond acceptors (Lipinski definition) is 3. The zero-order chi connectivity index (χ0) is 16.4. The van der Waals surface area contributed by atoms with E-state index in [4.69, 9.17) is 21.1 Å². The first kappa shape index (κ1) is 15.7. The lowest BCUT2D eigenvalue weighted by Crippen LogP contribution is -2.15. The molecular formula is C18H18ClNO3. The molecule has 0 aromatic heterocycles. The molecule has 5 heteroatoms. The van der Waals surface area contributed by atoms with Crippen molar-refractivity contribution in [2.45, 2.75) is 12.3 Å².